The van der Waals surface area contributed by atoms with Gasteiger partial charge in [0.2, 0.25) is 5.91 Å². The van der Waals surface area contributed by atoms with Crippen molar-refractivity contribution in [3.63, 3.8) is 0 Å². The van der Waals surface area contributed by atoms with Crippen molar-refractivity contribution in [2.45, 2.75) is 45.6 Å². The van der Waals surface area contributed by atoms with Crippen LogP contribution < -0.4 is 5.32 Å². The highest BCUT2D eigenvalue weighted by Crippen LogP contribution is 2.14. The number of aliphatic carboxylic acids is 1. The molecule has 0 aliphatic carbocycles. The molecule has 0 aliphatic rings. The molecule has 1 aromatic heterocycles. The molecule has 5 nitrogen and oxygen atoms in total. The first kappa shape index (κ1) is 14.6. The summed E-state index contributed by atoms with van der Waals surface area (Å²) < 4.78 is 0. The fraction of sp³-hybridized carbons (Fsp3) is 0.583. The highest BCUT2D eigenvalue weighted by Gasteiger charge is 2.33. The molecule has 1 aromatic rings. The zero-order valence-corrected chi connectivity index (χ0v) is 11.6. The van der Waals surface area contributed by atoms with Crippen molar-refractivity contribution in [1.29, 1.82) is 0 Å². The van der Waals surface area contributed by atoms with Crippen molar-refractivity contribution in [2.24, 2.45) is 0 Å². The molecule has 0 saturated heterocycles. The molecular formula is C12H18N2O3S. The van der Waals surface area contributed by atoms with Gasteiger partial charge in [0.05, 0.1) is 17.1 Å². The quantitative estimate of drug-likeness (QED) is 0.825. The van der Waals surface area contributed by atoms with E-state index in [0.717, 1.165) is 5.01 Å². The van der Waals surface area contributed by atoms with Gasteiger partial charge in [0.15, 0.2) is 0 Å². The van der Waals surface area contributed by atoms with Crippen LogP contribution in [-0.4, -0.2) is 27.5 Å². The van der Waals surface area contributed by atoms with E-state index >= 15 is 0 Å². The minimum atomic E-state index is -1.20. The van der Waals surface area contributed by atoms with Gasteiger partial charge in [0, 0.05) is 5.38 Å². The van der Waals surface area contributed by atoms with Gasteiger partial charge in [-0.15, -0.1) is 11.3 Å². The molecule has 18 heavy (non-hydrogen) atoms. The van der Waals surface area contributed by atoms with Gasteiger partial charge in [-0.2, -0.15) is 0 Å². The molecule has 2 N–H and O–H groups in total. The van der Waals surface area contributed by atoms with Gasteiger partial charge >= 0.3 is 5.97 Å². The van der Waals surface area contributed by atoms with E-state index in [2.05, 4.69) is 10.3 Å². The Hall–Kier alpha value is -1.43. The molecule has 0 aromatic carbocycles. The SMILES string of the molecule is CCCC(C)(NC(=O)Cc1csc(C)n1)C(=O)O. The summed E-state index contributed by atoms with van der Waals surface area (Å²) in [6, 6.07) is 0. The van der Waals surface area contributed by atoms with Crippen molar-refractivity contribution in [2.75, 3.05) is 0 Å². The Balaban J connectivity index is 2.65. The largest absolute Gasteiger partial charge is 0.480 e. The lowest BCUT2D eigenvalue weighted by Gasteiger charge is -2.25. The number of carboxylic acid groups (broad SMARTS) is 1. The van der Waals surface area contributed by atoms with Crippen LogP contribution in [0.15, 0.2) is 5.38 Å². The molecule has 0 saturated carbocycles. The van der Waals surface area contributed by atoms with Gasteiger partial charge in [0.1, 0.15) is 5.54 Å². The summed E-state index contributed by atoms with van der Waals surface area (Å²) in [4.78, 5) is 27.2. The van der Waals surface area contributed by atoms with E-state index < -0.39 is 11.5 Å². The lowest BCUT2D eigenvalue weighted by atomic mass is 9.96. The first-order chi connectivity index (χ1) is 8.37. The van der Waals surface area contributed by atoms with Gasteiger partial charge in [0.25, 0.3) is 0 Å². The van der Waals surface area contributed by atoms with Crippen LogP contribution in [0.2, 0.25) is 0 Å². The average Bonchev–Trinajstić information content (AvgIpc) is 2.63. The summed E-state index contributed by atoms with van der Waals surface area (Å²) in [5.41, 5.74) is -0.518. The first-order valence-electron chi connectivity index (χ1n) is 5.83. The molecule has 1 unspecified atom stereocenters. The standard InChI is InChI=1S/C12H18N2O3S/c1-4-5-12(3,11(16)17)14-10(15)6-9-7-18-8(2)13-9/h7H,4-6H2,1-3H3,(H,14,15)(H,16,17). The summed E-state index contributed by atoms with van der Waals surface area (Å²) in [5.74, 6) is -1.31. The van der Waals surface area contributed by atoms with E-state index in [0.29, 0.717) is 18.5 Å². The second-order valence-corrected chi connectivity index (χ2v) is 5.53. The molecule has 1 rings (SSSR count). The zero-order chi connectivity index (χ0) is 13.8. The summed E-state index contributed by atoms with van der Waals surface area (Å²) >= 11 is 1.47. The normalized spacial score (nSPS) is 13.9. The maximum atomic E-state index is 11.8. The number of aromatic nitrogens is 1. The Bertz CT molecular complexity index is 444. The summed E-state index contributed by atoms with van der Waals surface area (Å²) in [5, 5.41) is 14.4. The summed E-state index contributed by atoms with van der Waals surface area (Å²) in [6.45, 7) is 5.28. The fourth-order valence-electron chi connectivity index (χ4n) is 1.73. The Morgan fingerprint density at radius 3 is 2.67 bits per heavy atom. The zero-order valence-electron chi connectivity index (χ0n) is 10.8. The monoisotopic (exact) mass is 270 g/mol. The number of nitrogens with zero attached hydrogens (tertiary/aromatic N) is 1. The third kappa shape index (κ3) is 3.80. The maximum absolute atomic E-state index is 11.8. The maximum Gasteiger partial charge on any atom is 0.329 e. The molecule has 0 bridgehead atoms. The van der Waals surface area contributed by atoms with Crippen LogP contribution in [-0.2, 0) is 16.0 Å². The number of carbonyl (C=O) groups excluding carboxylic acids is 1. The predicted molar refractivity (Wildman–Crippen MR) is 69.6 cm³/mol. The van der Waals surface area contributed by atoms with Gasteiger partial charge in [-0.25, -0.2) is 9.78 Å². The average molecular weight is 270 g/mol. The van der Waals surface area contributed by atoms with Crippen molar-refractivity contribution < 1.29 is 14.7 Å². The van der Waals surface area contributed by atoms with E-state index in [1.807, 2.05) is 19.2 Å². The third-order valence-corrected chi connectivity index (χ3v) is 3.47. The number of aryl methyl sites for hydroxylation is 1. The fourth-order valence-corrected chi connectivity index (χ4v) is 2.34. The van der Waals surface area contributed by atoms with Gasteiger partial charge in [-0.1, -0.05) is 13.3 Å². The minimum Gasteiger partial charge on any atom is -0.480 e. The van der Waals surface area contributed by atoms with Crippen molar-refractivity contribution in [3.8, 4) is 0 Å². The first-order valence-corrected chi connectivity index (χ1v) is 6.70. The van der Waals surface area contributed by atoms with E-state index in [9.17, 15) is 9.59 Å². The Kier molecular flexibility index (Phi) is 4.84. The van der Waals surface area contributed by atoms with E-state index in [1.165, 1.54) is 18.3 Å². The summed E-state index contributed by atoms with van der Waals surface area (Å²) in [6.07, 6.45) is 1.22. The molecule has 0 fully saturated rings. The summed E-state index contributed by atoms with van der Waals surface area (Å²) in [7, 11) is 0. The van der Waals surface area contributed by atoms with Crippen molar-refractivity contribution in [1.82, 2.24) is 10.3 Å². The van der Waals surface area contributed by atoms with Crippen molar-refractivity contribution >= 4 is 23.2 Å². The Labute approximate surface area is 110 Å². The third-order valence-electron chi connectivity index (χ3n) is 2.65. The number of carbonyl (C=O) groups is 2. The number of nitrogens with one attached hydrogen (secondary N) is 1. The minimum absolute atomic E-state index is 0.122. The van der Waals surface area contributed by atoms with Gasteiger partial charge in [-0.05, 0) is 20.3 Å². The Morgan fingerprint density at radius 2 is 2.22 bits per heavy atom. The van der Waals surface area contributed by atoms with E-state index in [-0.39, 0.29) is 12.3 Å². The van der Waals surface area contributed by atoms with E-state index in [1.54, 1.807) is 0 Å². The molecule has 0 spiro atoms. The van der Waals surface area contributed by atoms with Gasteiger partial charge < -0.3 is 10.4 Å². The highest BCUT2D eigenvalue weighted by molar-refractivity contribution is 7.09. The van der Waals surface area contributed by atoms with Crippen LogP contribution in [0, 0.1) is 6.92 Å². The van der Waals surface area contributed by atoms with Crippen LogP contribution in [0.3, 0.4) is 0 Å². The lowest BCUT2D eigenvalue weighted by molar-refractivity contribution is -0.147. The lowest BCUT2D eigenvalue weighted by Crippen LogP contribution is -2.52. The number of thiazole rings is 1. The molecular weight excluding hydrogens is 252 g/mol. The number of hydrogen-bond acceptors (Lipinski definition) is 4. The number of carboxylic acids is 1. The smallest absolute Gasteiger partial charge is 0.329 e. The predicted octanol–water partition coefficient (Wildman–Crippen LogP) is 1.75. The molecule has 1 amide bonds. The molecule has 6 heteroatoms. The van der Waals surface area contributed by atoms with Crippen LogP contribution in [0.1, 0.15) is 37.4 Å². The molecule has 1 atom stereocenters. The van der Waals surface area contributed by atoms with Crippen LogP contribution in [0.5, 0.6) is 0 Å². The van der Waals surface area contributed by atoms with Crippen LogP contribution in [0.4, 0.5) is 0 Å². The number of rotatable bonds is 6. The molecule has 1 heterocycles. The topological polar surface area (TPSA) is 79.3 Å². The molecule has 0 aliphatic heterocycles. The van der Waals surface area contributed by atoms with Crippen LogP contribution in [0.25, 0.3) is 0 Å². The Morgan fingerprint density at radius 1 is 1.56 bits per heavy atom. The van der Waals surface area contributed by atoms with Gasteiger partial charge in [-0.3, -0.25) is 4.79 Å². The molecule has 0 radical (unpaired) electrons. The molecule has 100 valence electrons. The van der Waals surface area contributed by atoms with E-state index in [4.69, 9.17) is 5.11 Å². The highest BCUT2D eigenvalue weighted by atomic mass is 32.1. The van der Waals surface area contributed by atoms with Crippen LogP contribution >= 0.6 is 11.3 Å². The second-order valence-electron chi connectivity index (χ2n) is 4.47. The number of amides is 1. The second kappa shape index (κ2) is 5.95. The van der Waals surface area contributed by atoms with Crippen molar-refractivity contribution in [3.05, 3.63) is 16.1 Å². The number of hydrogen-bond donors (Lipinski definition) is 2.